The van der Waals surface area contributed by atoms with Crippen LogP contribution in [0.2, 0.25) is 0 Å². The number of sulfonamides is 1. The number of rotatable bonds is 4. The Morgan fingerprint density at radius 3 is 2.91 bits per heavy atom. The van der Waals surface area contributed by atoms with E-state index >= 15 is 0 Å². The first kappa shape index (κ1) is 15.1. The molecule has 0 saturated carbocycles. The third-order valence-electron chi connectivity index (χ3n) is 4.38. The van der Waals surface area contributed by atoms with E-state index in [4.69, 9.17) is 5.53 Å². The van der Waals surface area contributed by atoms with Crippen LogP contribution in [0.5, 0.6) is 0 Å². The van der Waals surface area contributed by atoms with Crippen molar-refractivity contribution in [2.24, 2.45) is 10.4 Å². The molecule has 22 heavy (non-hydrogen) atoms. The Balaban J connectivity index is 1.74. The molecule has 1 aromatic heterocycles. The number of azide groups is 1. The first-order valence-corrected chi connectivity index (χ1v) is 8.80. The molecule has 3 heterocycles. The van der Waals surface area contributed by atoms with Crippen LogP contribution in [0, 0.1) is 5.92 Å². The smallest absolute Gasteiger partial charge is 0.250 e. The molecular formula is C13H17N5O3S. The molecule has 118 valence electrons. The highest BCUT2D eigenvalue weighted by molar-refractivity contribution is 7.90. The van der Waals surface area contributed by atoms with Gasteiger partial charge in [0.1, 0.15) is 0 Å². The lowest BCUT2D eigenvalue weighted by molar-refractivity contribution is 0.126. The molecule has 1 aromatic rings. The van der Waals surface area contributed by atoms with Gasteiger partial charge in [0.25, 0.3) is 5.56 Å². The topological polar surface area (TPSA) is 108 Å². The quantitative estimate of drug-likeness (QED) is 0.466. The normalized spacial score (nSPS) is 24.4. The first-order chi connectivity index (χ1) is 10.5. The lowest BCUT2D eigenvalue weighted by Crippen LogP contribution is -2.48. The van der Waals surface area contributed by atoms with Gasteiger partial charge in [-0.2, -0.15) is 0 Å². The van der Waals surface area contributed by atoms with E-state index in [1.807, 2.05) is 10.6 Å². The molecule has 0 aromatic carbocycles. The van der Waals surface area contributed by atoms with Gasteiger partial charge >= 0.3 is 0 Å². The Kier molecular flexibility index (Phi) is 3.94. The van der Waals surface area contributed by atoms with Crippen LogP contribution in [0.4, 0.5) is 0 Å². The summed E-state index contributed by atoms with van der Waals surface area (Å²) in [6.45, 7) is 2.53. The minimum absolute atomic E-state index is 0.0339. The SMILES string of the molecule is [N-]=[N+]=NS(=O)(=O)CCN1CC2CC(C1)c1cccc(=O)n1C2. The van der Waals surface area contributed by atoms with Crippen LogP contribution in [0.1, 0.15) is 18.0 Å². The predicted octanol–water partition coefficient (Wildman–Crippen LogP) is 0.907. The molecule has 2 aliphatic heterocycles. The minimum atomic E-state index is -3.71. The average molecular weight is 323 g/mol. The summed E-state index contributed by atoms with van der Waals surface area (Å²) in [6, 6.07) is 5.33. The number of likely N-dealkylation sites (tertiary alicyclic amines) is 1. The van der Waals surface area contributed by atoms with Crippen molar-refractivity contribution in [3.05, 3.63) is 44.7 Å². The fourth-order valence-electron chi connectivity index (χ4n) is 3.52. The number of pyridine rings is 1. The largest absolute Gasteiger partial charge is 0.312 e. The average Bonchev–Trinajstić information content (AvgIpc) is 2.46. The second kappa shape index (κ2) is 5.75. The molecule has 2 aliphatic rings. The molecule has 2 atom stereocenters. The summed E-state index contributed by atoms with van der Waals surface area (Å²) in [4.78, 5) is 16.4. The van der Waals surface area contributed by atoms with Gasteiger partial charge in [-0.15, -0.1) is 0 Å². The molecule has 8 nitrogen and oxygen atoms in total. The van der Waals surface area contributed by atoms with E-state index < -0.39 is 10.0 Å². The fraction of sp³-hybridized carbons (Fsp3) is 0.615. The van der Waals surface area contributed by atoms with E-state index in [0.29, 0.717) is 19.0 Å². The maximum Gasteiger partial charge on any atom is 0.250 e. The number of hydrogen-bond acceptors (Lipinski definition) is 4. The van der Waals surface area contributed by atoms with Crippen molar-refractivity contribution in [2.45, 2.75) is 18.9 Å². The van der Waals surface area contributed by atoms with Crippen LogP contribution in [0.15, 0.2) is 27.5 Å². The van der Waals surface area contributed by atoms with E-state index in [1.54, 1.807) is 12.1 Å². The van der Waals surface area contributed by atoms with E-state index in [2.05, 4.69) is 14.3 Å². The van der Waals surface area contributed by atoms with E-state index in [0.717, 1.165) is 25.2 Å². The van der Waals surface area contributed by atoms with Crippen LogP contribution in [-0.2, 0) is 16.6 Å². The highest BCUT2D eigenvalue weighted by Crippen LogP contribution is 2.34. The Labute approximate surface area is 128 Å². The summed E-state index contributed by atoms with van der Waals surface area (Å²) >= 11 is 0. The van der Waals surface area contributed by atoms with Gasteiger partial charge in [-0.3, -0.25) is 4.79 Å². The third kappa shape index (κ3) is 3.01. The number of nitrogens with zero attached hydrogens (tertiary/aromatic N) is 5. The van der Waals surface area contributed by atoms with Crippen molar-refractivity contribution in [1.82, 2.24) is 9.47 Å². The molecule has 0 spiro atoms. The van der Waals surface area contributed by atoms with Crippen LogP contribution in [0.3, 0.4) is 0 Å². The standard InChI is InChI=1S/C13H17N5O3S/c14-15-16-22(20,21)5-4-17-7-10-6-11(9-17)12-2-1-3-13(19)18(12)8-10/h1-3,10-11H,4-9H2. The number of piperidine rings is 1. The van der Waals surface area contributed by atoms with Gasteiger partial charge in [-0.25, -0.2) is 8.42 Å². The molecular weight excluding hydrogens is 306 g/mol. The number of hydrogen-bond donors (Lipinski definition) is 0. The van der Waals surface area contributed by atoms with Crippen molar-refractivity contribution < 1.29 is 8.42 Å². The van der Waals surface area contributed by atoms with Crippen molar-refractivity contribution in [2.75, 3.05) is 25.4 Å². The summed E-state index contributed by atoms with van der Waals surface area (Å²) in [6.07, 6.45) is 1.03. The molecule has 3 rings (SSSR count). The number of fused-ring (bicyclic) bond motifs is 4. The predicted molar refractivity (Wildman–Crippen MR) is 80.9 cm³/mol. The second-order valence-corrected chi connectivity index (χ2v) is 7.65. The Hall–Kier alpha value is -1.83. The lowest BCUT2D eigenvalue weighted by atomic mass is 9.83. The first-order valence-electron chi connectivity index (χ1n) is 7.19. The molecule has 2 unspecified atom stereocenters. The van der Waals surface area contributed by atoms with Crippen molar-refractivity contribution in [3.63, 3.8) is 0 Å². The van der Waals surface area contributed by atoms with E-state index in [1.165, 1.54) is 0 Å². The summed E-state index contributed by atoms with van der Waals surface area (Å²) < 4.78 is 27.6. The summed E-state index contributed by atoms with van der Waals surface area (Å²) in [5, 5.41) is 0. The maximum absolute atomic E-state index is 11.9. The van der Waals surface area contributed by atoms with E-state index in [9.17, 15) is 13.2 Å². The Bertz CT molecular complexity index is 781. The van der Waals surface area contributed by atoms with E-state index in [-0.39, 0.29) is 17.2 Å². The van der Waals surface area contributed by atoms with Crippen LogP contribution in [-0.4, -0.2) is 43.3 Å². The molecule has 0 N–H and O–H groups in total. The zero-order valence-corrected chi connectivity index (χ0v) is 12.8. The van der Waals surface area contributed by atoms with Gasteiger partial charge in [-0.05, 0) is 23.9 Å². The second-order valence-electron chi connectivity index (χ2n) is 5.91. The van der Waals surface area contributed by atoms with Gasteiger partial charge in [-0.1, -0.05) is 6.07 Å². The summed E-state index contributed by atoms with van der Waals surface area (Å²) in [7, 11) is -3.71. The highest BCUT2D eigenvalue weighted by atomic mass is 32.2. The van der Waals surface area contributed by atoms with Gasteiger partial charge in [0.15, 0.2) is 0 Å². The molecule has 0 radical (unpaired) electrons. The molecule has 2 bridgehead atoms. The van der Waals surface area contributed by atoms with Gasteiger partial charge in [0.05, 0.1) is 5.75 Å². The molecule has 1 fully saturated rings. The monoisotopic (exact) mass is 323 g/mol. The molecule has 9 heteroatoms. The molecule has 1 saturated heterocycles. The highest BCUT2D eigenvalue weighted by Gasteiger charge is 2.34. The van der Waals surface area contributed by atoms with Gasteiger partial charge in [0, 0.05) is 53.3 Å². The summed E-state index contributed by atoms with van der Waals surface area (Å²) in [5.41, 5.74) is 9.31. The zero-order chi connectivity index (χ0) is 15.7. The summed E-state index contributed by atoms with van der Waals surface area (Å²) in [5.74, 6) is 0.440. The Morgan fingerprint density at radius 2 is 2.14 bits per heavy atom. The van der Waals surface area contributed by atoms with Crippen LogP contribution >= 0.6 is 0 Å². The van der Waals surface area contributed by atoms with Crippen molar-refractivity contribution in [1.29, 1.82) is 0 Å². The number of aromatic nitrogens is 1. The minimum Gasteiger partial charge on any atom is -0.312 e. The van der Waals surface area contributed by atoms with Crippen LogP contribution < -0.4 is 5.56 Å². The zero-order valence-electron chi connectivity index (χ0n) is 12.0. The maximum atomic E-state index is 11.9. The Morgan fingerprint density at radius 1 is 1.32 bits per heavy atom. The lowest BCUT2D eigenvalue weighted by Gasteiger charge is -2.42. The molecule has 0 aliphatic carbocycles. The van der Waals surface area contributed by atoms with Crippen molar-refractivity contribution >= 4 is 10.0 Å². The van der Waals surface area contributed by atoms with Crippen molar-refractivity contribution in [3.8, 4) is 0 Å². The van der Waals surface area contributed by atoms with Gasteiger partial charge in [0.2, 0.25) is 10.0 Å². The fourth-order valence-corrected chi connectivity index (χ4v) is 4.20. The van der Waals surface area contributed by atoms with Gasteiger partial charge < -0.3 is 9.47 Å². The molecule has 0 amide bonds. The van der Waals surface area contributed by atoms with Crippen LogP contribution in [0.25, 0.3) is 10.4 Å². The third-order valence-corrected chi connectivity index (χ3v) is 5.40.